The van der Waals surface area contributed by atoms with Gasteiger partial charge in [0.2, 0.25) is 0 Å². The van der Waals surface area contributed by atoms with Gasteiger partial charge in [0.05, 0.1) is 0 Å². The summed E-state index contributed by atoms with van der Waals surface area (Å²) in [6.45, 7) is 0. The van der Waals surface area contributed by atoms with Gasteiger partial charge in [-0.1, -0.05) is 11.6 Å². The third-order valence-electron chi connectivity index (χ3n) is 2.34. The van der Waals surface area contributed by atoms with Crippen LogP contribution in [0, 0.1) is 11.6 Å². The topological polar surface area (TPSA) is 26.0 Å². The van der Waals surface area contributed by atoms with Crippen molar-refractivity contribution in [2.45, 2.75) is 18.4 Å². The zero-order valence-electron chi connectivity index (χ0n) is 6.78. The smallest absolute Gasteiger partial charge is 0.160 e. The molecule has 0 bridgehead atoms. The fraction of sp³-hybridized carbons (Fsp3) is 0.333. The minimum absolute atomic E-state index is 0.207. The summed E-state index contributed by atoms with van der Waals surface area (Å²) in [5.41, 5.74) is 5.80. The zero-order chi connectivity index (χ0) is 9.64. The van der Waals surface area contributed by atoms with E-state index >= 15 is 0 Å². The summed E-state index contributed by atoms with van der Waals surface area (Å²) in [6, 6.07) is 2.06. The van der Waals surface area contributed by atoms with Crippen LogP contribution in [0.1, 0.15) is 18.4 Å². The highest BCUT2D eigenvalue weighted by Crippen LogP contribution is 2.45. The molecule has 0 aliphatic heterocycles. The predicted molar refractivity (Wildman–Crippen MR) is 46.5 cm³/mol. The van der Waals surface area contributed by atoms with Crippen LogP contribution in [0.25, 0.3) is 0 Å². The molecule has 2 N–H and O–H groups in total. The Morgan fingerprint density at radius 1 is 1.23 bits per heavy atom. The molecule has 70 valence electrons. The Hall–Kier alpha value is -0.670. The van der Waals surface area contributed by atoms with E-state index in [1.54, 1.807) is 0 Å². The molecule has 0 heterocycles. The van der Waals surface area contributed by atoms with Crippen LogP contribution in [0.4, 0.5) is 8.78 Å². The Bertz CT molecular complexity index is 361. The fourth-order valence-electron chi connectivity index (χ4n) is 1.31. The van der Waals surface area contributed by atoms with Crippen molar-refractivity contribution >= 4 is 11.6 Å². The molecule has 13 heavy (non-hydrogen) atoms. The van der Waals surface area contributed by atoms with E-state index in [1.165, 1.54) is 0 Å². The molecule has 0 aromatic heterocycles. The Kier molecular flexibility index (Phi) is 1.82. The third-order valence-corrected chi connectivity index (χ3v) is 2.65. The first-order chi connectivity index (χ1) is 6.03. The maximum atomic E-state index is 12.8. The monoisotopic (exact) mass is 203 g/mol. The molecular formula is C9H8ClF2N. The molecule has 1 nitrogen and oxygen atoms in total. The molecule has 2 rings (SSSR count). The van der Waals surface area contributed by atoms with E-state index in [2.05, 4.69) is 0 Å². The minimum Gasteiger partial charge on any atom is -0.321 e. The van der Waals surface area contributed by atoms with Gasteiger partial charge in [-0.05, 0) is 30.5 Å². The average Bonchev–Trinajstić information content (AvgIpc) is 2.77. The molecule has 1 aromatic carbocycles. The van der Waals surface area contributed by atoms with Crippen molar-refractivity contribution in [2.24, 2.45) is 5.73 Å². The van der Waals surface area contributed by atoms with Crippen LogP contribution in [0.2, 0.25) is 5.02 Å². The van der Waals surface area contributed by atoms with Gasteiger partial charge in [0.1, 0.15) is 0 Å². The molecule has 0 radical (unpaired) electrons. The number of halogens is 3. The van der Waals surface area contributed by atoms with E-state index in [4.69, 9.17) is 17.3 Å². The normalized spacial score (nSPS) is 18.8. The maximum absolute atomic E-state index is 12.8. The zero-order valence-corrected chi connectivity index (χ0v) is 7.54. The highest BCUT2D eigenvalue weighted by atomic mass is 35.5. The van der Waals surface area contributed by atoms with Crippen molar-refractivity contribution < 1.29 is 8.78 Å². The van der Waals surface area contributed by atoms with Gasteiger partial charge < -0.3 is 5.73 Å². The van der Waals surface area contributed by atoms with E-state index < -0.39 is 17.2 Å². The molecule has 0 spiro atoms. The highest BCUT2D eigenvalue weighted by Gasteiger charge is 2.42. The van der Waals surface area contributed by atoms with E-state index in [0.29, 0.717) is 5.56 Å². The SMILES string of the molecule is NC1(c2cc(F)c(F)cc2Cl)CC1. The first-order valence-electron chi connectivity index (χ1n) is 3.97. The van der Waals surface area contributed by atoms with Crippen molar-refractivity contribution in [2.75, 3.05) is 0 Å². The van der Waals surface area contributed by atoms with E-state index in [-0.39, 0.29) is 5.02 Å². The molecule has 1 saturated carbocycles. The van der Waals surface area contributed by atoms with E-state index in [0.717, 1.165) is 25.0 Å². The maximum Gasteiger partial charge on any atom is 0.160 e. The lowest BCUT2D eigenvalue weighted by molar-refractivity contribution is 0.505. The molecular weight excluding hydrogens is 196 g/mol. The summed E-state index contributed by atoms with van der Waals surface area (Å²) in [7, 11) is 0. The van der Waals surface area contributed by atoms with Crippen LogP contribution in [0.3, 0.4) is 0 Å². The Labute approximate surface area is 79.5 Å². The van der Waals surface area contributed by atoms with Crippen LogP contribution in [0.15, 0.2) is 12.1 Å². The average molecular weight is 204 g/mol. The molecule has 1 aliphatic carbocycles. The Morgan fingerprint density at radius 3 is 2.31 bits per heavy atom. The van der Waals surface area contributed by atoms with Crippen LogP contribution in [-0.2, 0) is 5.54 Å². The lowest BCUT2D eigenvalue weighted by atomic mass is 10.1. The largest absolute Gasteiger partial charge is 0.321 e. The lowest BCUT2D eigenvalue weighted by Crippen LogP contribution is -2.19. The first kappa shape index (κ1) is 8.91. The van der Waals surface area contributed by atoms with Crippen molar-refractivity contribution in [1.82, 2.24) is 0 Å². The molecule has 4 heteroatoms. The Balaban J connectivity index is 2.52. The summed E-state index contributed by atoms with van der Waals surface area (Å²) in [5, 5.41) is 0.207. The molecule has 1 aliphatic rings. The summed E-state index contributed by atoms with van der Waals surface area (Å²) in [5.74, 6) is -1.82. The standard InChI is InChI=1S/C9H8ClF2N/c10-6-4-8(12)7(11)3-5(6)9(13)1-2-9/h3-4H,1-2,13H2. The third kappa shape index (κ3) is 1.42. The van der Waals surface area contributed by atoms with Gasteiger partial charge in [-0.25, -0.2) is 8.78 Å². The van der Waals surface area contributed by atoms with Gasteiger partial charge in [-0.15, -0.1) is 0 Å². The summed E-state index contributed by atoms with van der Waals surface area (Å²) < 4.78 is 25.5. The van der Waals surface area contributed by atoms with Gasteiger partial charge in [0, 0.05) is 10.6 Å². The number of hydrogen-bond acceptors (Lipinski definition) is 1. The van der Waals surface area contributed by atoms with Crippen LogP contribution < -0.4 is 5.73 Å². The summed E-state index contributed by atoms with van der Waals surface area (Å²) in [4.78, 5) is 0. The second-order valence-electron chi connectivity index (χ2n) is 3.40. The highest BCUT2D eigenvalue weighted by molar-refractivity contribution is 6.31. The number of benzene rings is 1. The second-order valence-corrected chi connectivity index (χ2v) is 3.81. The molecule has 0 atom stereocenters. The van der Waals surface area contributed by atoms with Gasteiger partial charge in [-0.2, -0.15) is 0 Å². The fourth-order valence-corrected chi connectivity index (χ4v) is 1.65. The molecule has 1 aromatic rings. The van der Waals surface area contributed by atoms with Gasteiger partial charge >= 0.3 is 0 Å². The molecule has 0 unspecified atom stereocenters. The van der Waals surface area contributed by atoms with Crippen LogP contribution in [0.5, 0.6) is 0 Å². The quantitative estimate of drug-likeness (QED) is 0.698. The van der Waals surface area contributed by atoms with Crippen molar-refractivity contribution in [3.05, 3.63) is 34.4 Å². The molecule has 0 amide bonds. The van der Waals surface area contributed by atoms with Crippen LogP contribution in [-0.4, -0.2) is 0 Å². The number of hydrogen-bond donors (Lipinski definition) is 1. The molecule has 1 fully saturated rings. The van der Waals surface area contributed by atoms with Crippen LogP contribution >= 0.6 is 11.6 Å². The summed E-state index contributed by atoms with van der Waals surface area (Å²) in [6.07, 6.45) is 1.55. The van der Waals surface area contributed by atoms with Gasteiger partial charge in [-0.3, -0.25) is 0 Å². The first-order valence-corrected chi connectivity index (χ1v) is 4.35. The van der Waals surface area contributed by atoms with Crippen molar-refractivity contribution in [3.63, 3.8) is 0 Å². The lowest BCUT2D eigenvalue weighted by Gasteiger charge is -2.11. The van der Waals surface area contributed by atoms with Gasteiger partial charge in [0.25, 0.3) is 0 Å². The second kappa shape index (κ2) is 2.66. The minimum atomic E-state index is -0.932. The molecule has 0 saturated heterocycles. The summed E-state index contributed by atoms with van der Waals surface area (Å²) >= 11 is 5.74. The van der Waals surface area contributed by atoms with Crippen molar-refractivity contribution in [1.29, 1.82) is 0 Å². The van der Waals surface area contributed by atoms with E-state index in [9.17, 15) is 8.78 Å². The number of nitrogens with two attached hydrogens (primary N) is 1. The van der Waals surface area contributed by atoms with Gasteiger partial charge in [0.15, 0.2) is 11.6 Å². The number of rotatable bonds is 1. The Morgan fingerprint density at radius 2 is 1.77 bits per heavy atom. The predicted octanol–water partition coefficient (Wildman–Crippen LogP) is 2.57. The van der Waals surface area contributed by atoms with Crippen molar-refractivity contribution in [3.8, 4) is 0 Å². The van der Waals surface area contributed by atoms with E-state index in [1.807, 2.05) is 0 Å².